The summed E-state index contributed by atoms with van der Waals surface area (Å²) in [4.78, 5) is 26.3. The van der Waals surface area contributed by atoms with Gasteiger partial charge in [0.05, 0.1) is 5.75 Å². The van der Waals surface area contributed by atoms with Crippen LogP contribution < -0.4 is 5.32 Å². The molecular weight excluding hydrogens is 400 g/mol. The lowest BCUT2D eigenvalue weighted by atomic mass is 9.96. The maximum absolute atomic E-state index is 12.4. The van der Waals surface area contributed by atoms with Gasteiger partial charge in [-0.15, -0.1) is 10.2 Å². The molecule has 1 saturated heterocycles. The van der Waals surface area contributed by atoms with Gasteiger partial charge in [-0.1, -0.05) is 30.3 Å². The molecule has 28 heavy (non-hydrogen) atoms. The molecule has 1 aromatic heterocycles. The number of nitrogens with one attached hydrogen (secondary N) is 1. The van der Waals surface area contributed by atoms with E-state index >= 15 is 0 Å². The van der Waals surface area contributed by atoms with Gasteiger partial charge in [0.15, 0.2) is 0 Å². The number of nitrogens with zero attached hydrogens (tertiary/aromatic N) is 3. The van der Waals surface area contributed by atoms with Gasteiger partial charge in [0.25, 0.3) is 5.22 Å². The first-order valence-corrected chi connectivity index (χ1v) is 10.7. The average Bonchev–Trinajstić information content (AvgIpc) is 3.20. The van der Waals surface area contributed by atoms with Gasteiger partial charge in [-0.25, -0.2) is 0 Å². The van der Waals surface area contributed by atoms with Crippen molar-refractivity contribution < 1.29 is 14.0 Å². The lowest BCUT2D eigenvalue weighted by molar-refractivity contribution is -0.133. The zero-order valence-corrected chi connectivity index (χ0v) is 17.3. The molecule has 1 fully saturated rings. The Morgan fingerprint density at radius 1 is 1.25 bits per heavy atom. The topological polar surface area (TPSA) is 88.3 Å². The number of hydrogen-bond donors (Lipinski definition) is 1. The highest BCUT2D eigenvalue weighted by Gasteiger charge is 2.27. The summed E-state index contributed by atoms with van der Waals surface area (Å²) in [6.45, 7) is 3.94. The molecule has 150 valence electrons. The molecule has 2 aromatic rings. The summed E-state index contributed by atoms with van der Waals surface area (Å²) in [6, 6.07) is 7.11. The Kier molecular flexibility index (Phi) is 7.33. The van der Waals surface area contributed by atoms with Crippen molar-refractivity contribution in [2.75, 3.05) is 25.4 Å². The fourth-order valence-electron chi connectivity index (χ4n) is 2.98. The number of piperidine rings is 1. The van der Waals surface area contributed by atoms with E-state index in [4.69, 9.17) is 16.0 Å². The lowest BCUT2D eigenvalue weighted by Gasteiger charge is -2.31. The highest BCUT2D eigenvalue weighted by Crippen LogP contribution is 2.25. The Morgan fingerprint density at radius 3 is 2.64 bits per heavy atom. The third kappa shape index (κ3) is 5.48. The largest absolute Gasteiger partial charge is 0.411 e. The molecule has 2 heterocycles. The maximum Gasteiger partial charge on any atom is 0.277 e. The smallest absolute Gasteiger partial charge is 0.277 e. The van der Waals surface area contributed by atoms with E-state index in [0.717, 1.165) is 12.0 Å². The molecule has 0 bridgehead atoms. The average molecular weight is 423 g/mol. The summed E-state index contributed by atoms with van der Waals surface area (Å²) >= 11 is 7.10. The molecule has 1 aromatic carbocycles. The van der Waals surface area contributed by atoms with Crippen molar-refractivity contribution in [2.24, 2.45) is 5.92 Å². The summed E-state index contributed by atoms with van der Waals surface area (Å²) < 4.78 is 5.61. The minimum Gasteiger partial charge on any atom is -0.411 e. The van der Waals surface area contributed by atoms with Gasteiger partial charge < -0.3 is 14.6 Å². The van der Waals surface area contributed by atoms with Crippen LogP contribution in [0.5, 0.6) is 0 Å². The van der Waals surface area contributed by atoms with Gasteiger partial charge in [0.2, 0.25) is 17.7 Å². The molecule has 0 radical (unpaired) electrons. The van der Waals surface area contributed by atoms with Crippen LogP contribution in [0.3, 0.4) is 0 Å². The second kappa shape index (κ2) is 9.93. The van der Waals surface area contributed by atoms with Gasteiger partial charge in [-0.3, -0.25) is 9.59 Å². The van der Waals surface area contributed by atoms with Crippen LogP contribution >= 0.6 is 23.4 Å². The maximum atomic E-state index is 12.4. The number of benzene rings is 1. The fourth-order valence-corrected chi connectivity index (χ4v) is 3.77. The van der Waals surface area contributed by atoms with Gasteiger partial charge in [0.1, 0.15) is 0 Å². The SMILES string of the molecule is CCCNC(=O)C1CCN(C(=O)CSc2nnc(-c3ccc(Cl)cc3)o2)CC1. The van der Waals surface area contributed by atoms with Crippen molar-refractivity contribution in [3.63, 3.8) is 0 Å². The van der Waals surface area contributed by atoms with E-state index in [1.165, 1.54) is 11.8 Å². The van der Waals surface area contributed by atoms with Gasteiger partial charge in [0, 0.05) is 36.1 Å². The van der Waals surface area contributed by atoms with Crippen LogP contribution in [0.2, 0.25) is 5.02 Å². The predicted octanol–water partition coefficient (Wildman–Crippen LogP) is 3.25. The molecule has 1 aliphatic heterocycles. The first kappa shape index (κ1) is 20.7. The van der Waals surface area contributed by atoms with Crippen molar-refractivity contribution in [3.05, 3.63) is 29.3 Å². The Balaban J connectivity index is 1.45. The molecule has 0 saturated carbocycles. The van der Waals surface area contributed by atoms with Gasteiger partial charge >= 0.3 is 0 Å². The highest BCUT2D eigenvalue weighted by atomic mass is 35.5. The zero-order chi connectivity index (χ0) is 19.9. The van der Waals surface area contributed by atoms with Crippen molar-refractivity contribution in [1.29, 1.82) is 0 Å². The first-order chi connectivity index (χ1) is 13.6. The predicted molar refractivity (Wildman–Crippen MR) is 108 cm³/mol. The summed E-state index contributed by atoms with van der Waals surface area (Å²) in [5, 5.41) is 11.9. The van der Waals surface area contributed by atoms with Crippen LogP contribution in [0.1, 0.15) is 26.2 Å². The summed E-state index contributed by atoms with van der Waals surface area (Å²) in [7, 11) is 0. The highest BCUT2D eigenvalue weighted by molar-refractivity contribution is 7.99. The van der Waals surface area contributed by atoms with E-state index in [2.05, 4.69) is 15.5 Å². The van der Waals surface area contributed by atoms with Crippen molar-refractivity contribution in [1.82, 2.24) is 20.4 Å². The molecule has 1 aliphatic rings. The summed E-state index contributed by atoms with van der Waals surface area (Å²) in [5.74, 6) is 0.744. The molecule has 2 amide bonds. The molecule has 0 aliphatic carbocycles. The molecular formula is C19H23ClN4O3S. The minimum absolute atomic E-state index is 0.00104. The van der Waals surface area contributed by atoms with Gasteiger partial charge in [-0.05, 0) is 43.5 Å². The zero-order valence-electron chi connectivity index (χ0n) is 15.7. The third-order valence-electron chi connectivity index (χ3n) is 4.58. The number of rotatable bonds is 7. The van der Waals surface area contributed by atoms with Crippen molar-refractivity contribution >= 4 is 35.2 Å². The number of hydrogen-bond acceptors (Lipinski definition) is 6. The Labute approximate surface area is 173 Å². The van der Waals surface area contributed by atoms with Crippen molar-refractivity contribution in [3.8, 4) is 11.5 Å². The molecule has 0 spiro atoms. The number of aromatic nitrogens is 2. The number of amides is 2. The fraction of sp³-hybridized carbons (Fsp3) is 0.474. The van der Waals surface area contributed by atoms with Crippen LogP contribution in [-0.4, -0.2) is 52.3 Å². The van der Waals surface area contributed by atoms with Gasteiger partial charge in [-0.2, -0.15) is 0 Å². The standard InChI is InChI=1S/C19H23ClN4O3S/c1-2-9-21-17(26)13-7-10-24(11-8-13)16(25)12-28-19-23-22-18(27-19)14-3-5-15(20)6-4-14/h3-6,13H,2,7-12H2,1H3,(H,21,26). The monoisotopic (exact) mass is 422 g/mol. The van der Waals surface area contributed by atoms with E-state index < -0.39 is 0 Å². The summed E-state index contributed by atoms with van der Waals surface area (Å²) in [6.07, 6.45) is 2.33. The number of carbonyl (C=O) groups is 2. The lowest BCUT2D eigenvalue weighted by Crippen LogP contribution is -2.43. The Morgan fingerprint density at radius 2 is 1.96 bits per heavy atom. The van der Waals surface area contributed by atoms with Crippen LogP contribution in [-0.2, 0) is 9.59 Å². The number of halogens is 1. The van der Waals surface area contributed by atoms with E-state index in [0.29, 0.717) is 48.6 Å². The third-order valence-corrected chi connectivity index (χ3v) is 5.64. The van der Waals surface area contributed by atoms with E-state index in [9.17, 15) is 9.59 Å². The van der Waals surface area contributed by atoms with E-state index in [1.807, 2.05) is 6.92 Å². The molecule has 0 unspecified atom stereocenters. The van der Waals surface area contributed by atoms with Crippen LogP contribution in [0, 0.1) is 5.92 Å². The number of likely N-dealkylation sites (tertiary alicyclic amines) is 1. The van der Waals surface area contributed by atoms with E-state index in [-0.39, 0.29) is 23.5 Å². The Hall–Kier alpha value is -2.06. The first-order valence-electron chi connectivity index (χ1n) is 9.34. The quantitative estimate of drug-likeness (QED) is 0.689. The molecule has 3 rings (SSSR count). The summed E-state index contributed by atoms with van der Waals surface area (Å²) in [5.41, 5.74) is 0.776. The van der Waals surface area contributed by atoms with Crippen molar-refractivity contribution in [2.45, 2.75) is 31.4 Å². The number of carbonyl (C=O) groups excluding carboxylic acids is 2. The number of thioether (sulfide) groups is 1. The molecule has 0 atom stereocenters. The molecule has 1 N–H and O–H groups in total. The Bertz CT molecular complexity index is 804. The van der Waals surface area contributed by atoms with E-state index in [1.54, 1.807) is 29.2 Å². The van der Waals surface area contributed by atoms with Crippen LogP contribution in [0.25, 0.3) is 11.5 Å². The molecule has 9 heteroatoms. The molecule has 7 nitrogen and oxygen atoms in total. The van der Waals surface area contributed by atoms with Crippen LogP contribution in [0.15, 0.2) is 33.9 Å². The minimum atomic E-state index is 0.00104. The second-order valence-electron chi connectivity index (χ2n) is 6.61. The normalized spacial score (nSPS) is 14.9. The van der Waals surface area contributed by atoms with Crippen LogP contribution in [0.4, 0.5) is 0 Å². The second-order valence-corrected chi connectivity index (χ2v) is 7.98.